The van der Waals surface area contributed by atoms with Crippen LogP contribution < -0.4 is 0 Å². The summed E-state index contributed by atoms with van der Waals surface area (Å²) in [5, 5.41) is 10.1. The highest BCUT2D eigenvalue weighted by Gasteiger charge is 2.20. The maximum Gasteiger partial charge on any atom is 0.133 e. The number of rotatable bonds is 2. The average molecular weight is 191 g/mol. The number of nitrogens with zero attached hydrogens (tertiary/aromatic N) is 1. The van der Waals surface area contributed by atoms with Gasteiger partial charge in [-0.2, -0.15) is 0 Å². The van der Waals surface area contributed by atoms with E-state index in [1.165, 1.54) is 18.4 Å². The van der Waals surface area contributed by atoms with Crippen LogP contribution in [0.3, 0.4) is 0 Å². The fourth-order valence-corrected chi connectivity index (χ4v) is 2.03. The van der Waals surface area contributed by atoms with Gasteiger partial charge < -0.3 is 5.11 Å². The maximum absolute atomic E-state index is 10.1. The third kappa shape index (κ3) is 1.97. The molecular formula is C12H17NO. The monoisotopic (exact) mass is 191 g/mol. The molecule has 0 bridgehead atoms. The summed E-state index contributed by atoms with van der Waals surface area (Å²) in [6, 6.07) is 8.11. The molecule has 0 amide bonds. The van der Waals surface area contributed by atoms with Crippen molar-refractivity contribution in [3.8, 4) is 0 Å². The van der Waals surface area contributed by atoms with Crippen molar-refractivity contribution < 1.29 is 5.11 Å². The number of likely N-dealkylation sites (tertiary alicyclic amines) is 1. The molecule has 0 saturated carbocycles. The summed E-state index contributed by atoms with van der Waals surface area (Å²) in [5.41, 5.74) is 2.23. The van der Waals surface area contributed by atoms with Gasteiger partial charge in [0, 0.05) is 13.1 Å². The van der Waals surface area contributed by atoms with Crippen LogP contribution in [0, 0.1) is 6.92 Å². The minimum Gasteiger partial charge on any atom is -0.374 e. The topological polar surface area (TPSA) is 23.5 Å². The Bertz CT molecular complexity index is 305. The van der Waals surface area contributed by atoms with Gasteiger partial charge in [0.05, 0.1) is 0 Å². The van der Waals surface area contributed by atoms with Gasteiger partial charge in [0.15, 0.2) is 0 Å². The van der Waals surface area contributed by atoms with Crippen LogP contribution in [-0.4, -0.2) is 23.1 Å². The predicted molar refractivity (Wildman–Crippen MR) is 56.9 cm³/mol. The van der Waals surface area contributed by atoms with Gasteiger partial charge in [0.2, 0.25) is 0 Å². The molecule has 1 aliphatic heterocycles. The lowest BCUT2D eigenvalue weighted by Gasteiger charge is -2.22. The van der Waals surface area contributed by atoms with Crippen LogP contribution in [0.2, 0.25) is 0 Å². The predicted octanol–water partition coefficient (Wildman–Crippen LogP) is 2.08. The zero-order chi connectivity index (χ0) is 9.97. The molecular weight excluding hydrogens is 174 g/mol. The minimum atomic E-state index is -0.405. The molecule has 1 atom stereocenters. The average Bonchev–Trinajstić information content (AvgIpc) is 2.69. The molecule has 2 nitrogen and oxygen atoms in total. The van der Waals surface area contributed by atoms with Crippen molar-refractivity contribution in [3.05, 3.63) is 35.4 Å². The molecule has 1 fully saturated rings. The molecule has 1 aromatic rings. The van der Waals surface area contributed by atoms with E-state index in [0.717, 1.165) is 18.7 Å². The molecule has 0 spiro atoms. The second-order valence-electron chi connectivity index (χ2n) is 4.03. The SMILES string of the molecule is Cc1cccc(C(O)N2CCCC2)c1. The molecule has 0 radical (unpaired) electrons. The molecule has 0 aromatic heterocycles. The van der Waals surface area contributed by atoms with Gasteiger partial charge in [-0.3, -0.25) is 4.90 Å². The van der Waals surface area contributed by atoms with Crippen molar-refractivity contribution >= 4 is 0 Å². The summed E-state index contributed by atoms with van der Waals surface area (Å²) in [7, 11) is 0. The van der Waals surface area contributed by atoms with Gasteiger partial charge in [-0.15, -0.1) is 0 Å². The Morgan fingerprint density at radius 1 is 1.29 bits per heavy atom. The van der Waals surface area contributed by atoms with Crippen molar-refractivity contribution in [1.82, 2.24) is 4.90 Å². The zero-order valence-corrected chi connectivity index (χ0v) is 8.61. The van der Waals surface area contributed by atoms with Crippen molar-refractivity contribution in [2.24, 2.45) is 0 Å². The smallest absolute Gasteiger partial charge is 0.133 e. The lowest BCUT2D eigenvalue weighted by atomic mass is 10.1. The molecule has 76 valence electrons. The van der Waals surface area contributed by atoms with E-state index in [0.29, 0.717) is 0 Å². The number of aliphatic hydroxyl groups is 1. The molecule has 0 aliphatic carbocycles. The fourth-order valence-electron chi connectivity index (χ4n) is 2.03. The zero-order valence-electron chi connectivity index (χ0n) is 8.61. The van der Waals surface area contributed by atoms with Crippen LogP contribution in [0.4, 0.5) is 0 Å². The summed E-state index contributed by atoms with van der Waals surface area (Å²) >= 11 is 0. The summed E-state index contributed by atoms with van der Waals surface area (Å²) in [6.45, 7) is 4.10. The highest BCUT2D eigenvalue weighted by Crippen LogP contribution is 2.22. The fraction of sp³-hybridized carbons (Fsp3) is 0.500. The normalized spacial score (nSPS) is 19.9. The van der Waals surface area contributed by atoms with Gasteiger partial charge in [0.25, 0.3) is 0 Å². The Morgan fingerprint density at radius 3 is 2.64 bits per heavy atom. The number of hydrogen-bond acceptors (Lipinski definition) is 2. The van der Waals surface area contributed by atoms with Crippen molar-refractivity contribution in [2.75, 3.05) is 13.1 Å². The first-order valence-corrected chi connectivity index (χ1v) is 5.26. The van der Waals surface area contributed by atoms with Crippen LogP contribution in [0.5, 0.6) is 0 Å². The number of aryl methyl sites for hydroxylation is 1. The van der Waals surface area contributed by atoms with Gasteiger partial charge in [0.1, 0.15) is 6.23 Å². The van der Waals surface area contributed by atoms with E-state index in [1.807, 2.05) is 12.1 Å². The van der Waals surface area contributed by atoms with Gasteiger partial charge in [-0.05, 0) is 25.3 Å². The van der Waals surface area contributed by atoms with Crippen LogP contribution >= 0.6 is 0 Å². The molecule has 14 heavy (non-hydrogen) atoms. The third-order valence-corrected chi connectivity index (χ3v) is 2.83. The highest BCUT2D eigenvalue weighted by atomic mass is 16.3. The number of benzene rings is 1. The maximum atomic E-state index is 10.1. The van der Waals surface area contributed by atoms with Crippen LogP contribution in [0.15, 0.2) is 24.3 Å². The second-order valence-corrected chi connectivity index (χ2v) is 4.03. The van der Waals surface area contributed by atoms with Gasteiger partial charge in [-0.1, -0.05) is 29.8 Å². The standard InChI is InChI=1S/C12H17NO/c1-10-5-4-6-11(9-10)12(14)13-7-2-3-8-13/h4-6,9,12,14H,2-3,7-8H2,1H3. The van der Waals surface area contributed by atoms with Crippen molar-refractivity contribution in [2.45, 2.75) is 26.0 Å². The molecule has 1 aromatic carbocycles. The molecule has 2 heteroatoms. The molecule has 1 unspecified atom stereocenters. The lowest BCUT2D eigenvalue weighted by Crippen LogP contribution is -2.25. The first kappa shape index (κ1) is 9.69. The molecule has 1 aliphatic rings. The molecule has 2 rings (SSSR count). The van der Waals surface area contributed by atoms with Crippen molar-refractivity contribution in [1.29, 1.82) is 0 Å². The molecule has 1 saturated heterocycles. The van der Waals surface area contributed by atoms with Gasteiger partial charge >= 0.3 is 0 Å². The minimum absolute atomic E-state index is 0.405. The Labute approximate surface area is 85.2 Å². The Balaban J connectivity index is 2.13. The first-order chi connectivity index (χ1) is 6.77. The lowest BCUT2D eigenvalue weighted by molar-refractivity contribution is 0.0190. The van der Waals surface area contributed by atoms with Crippen LogP contribution in [0.25, 0.3) is 0 Å². The summed E-state index contributed by atoms with van der Waals surface area (Å²) in [5.74, 6) is 0. The number of aliphatic hydroxyl groups excluding tert-OH is 1. The molecule has 1 N–H and O–H groups in total. The Hall–Kier alpha value is -0.860. The summed E-state index contributed by atoms with van der Waals surface area (Å²) in [6.07, 6.45) is 2.02. The van der Waals surface area contributed by atoms with E-state index < -0.39 is 6.23 Å². The largest absolute Gasteiger partial charge is 0.374 e. The summed E-state index contributed by atoms with van der Waals surface area (Å²) < 4.78 is 0. The summed E-state index contributed by atoms with van der Waals surface area (Å²) in [4.78, 5) is 2.13. The van der Waals surface area contributed by atoms with E-state index in [-0.39, 0.29) is 0 Å². The van der Waals surface area contributed by atoms with Gasteiger partial charge in [-0.25, -0.2) is 0 Å². The van der Waals surface area contributed by atoms with E-state index in [2.05, 4.69) is 24.0 Å². The number of hydrogen-bond donors (Lipinski definition) is 1. The highest BCUT2D eigenvalue weighted by molar-refractivity contribution is 5.23. The van der Waals surface area contributed by atoms with Crippen molar-refractivity contribution in [3.63, 3.8) is 0 Å². The van der Waals surface area contributed by atoms with Crippen LogP contribution in [0.1, 0.15) is 30.2 Å². The Morgan fingerprint density at radius 2 is 2.00 bits per heavy atom. The second kappa shape index (κ2) is 4.11. The van der Waals surface area contributed by atoms with E-state index in [1.54, 1.807) is 0 Å². The van der Waals surface area contributed by atoms with E-state index >= 15 is 0 Å². The third-order valence-electron chi connectivity index (χ3n) is 2.83. The Kier molecular flexibility index (Phi) is 2.85. The molecule has 1 heterocycles. The van der Waals surface area contributed by atoms with E-state index in [4.69, 9.17) is 0 Å². The van der Waals surface area contributed by atoms with Crippen LogP contribution in [-0.2, 0) is 0 Å². The first-order valence-electron chi connectivity index (χ1n) is 5.26. The van der Waals surface area contributed by atoms with E-state index in [9.17, 15) is 5.11 Å². The quantitative estimate of drug-likeness (QED) is 0.773.